The average Bonchev–Trinajstić information content (AvgIpc) is 2.88. The number of hydrogen-bond acceptors (Lipinski definition) is 2. The van der Waals surface area contributed by atoms with Crippen molar-refractivity contribution in [1.82, 2.24) is 5.32 Å². The third kappa shape index (κ3) is 3.47. The molecule has 1 atom stereocenters. The van der Waals surface area contributed by atoms with Gasteiger partial charge < -0.3 is 9.73 Å². The standard InChI is InChI=1S/C16H18F3NO/c1-4-20-11(3)14-7-8-15(21-14)12-6-5-10(2)13(9-12)16(17,18)19/h5-9,11,20H,4H2,1-3H3. The van der Waals surface area contributed by atoms with Crippen LogP contribution in [0.25, 0.3) is 11.3 Å². The van der Waals surface area contributed by atoms with Gasteiger partial charge >= 0.3 is 6.18 Å². The number of furan rings is 1. The van der Waals surface area contributed by atoms with E-state index in [1.807, 2.05) is 13.8 Å². The lowest BCUT2D eigenvalue weighted by molar-refractivity contribution is -0.138. The van der Waals surface area contributed by atoms with Crippen molar-refractivity contribution in [3.8, 4) is 11.3 Å². The number of nitrogens with one attached hydrogen (secondary N) is 1. The molecule has 21 heavy (non-hydrogen) atoms. The van der Waals surface area contributed by atoms with Gasteiger partial charge in [0, 0.05) is 5.56 Å². The zero-order valence-electron chi connectivity index (χ0n) is 12.2. The maximum absolute atomic E-state index is 12.9. The summed E-state index contributed by atoms with van der Waals surface area (Å²) in [5.74, 6) is 1.15. The minimum absolute atomic E-state index is 0.0243. The zero-order chi connectivity index (χ0) is 15.6. The largest absolute Gasteiger partial charge is 0.459 e. The molecule has 1 unspecified atom stereocenters. The summed E-state index contributed by atoms with van der Waals surface area (Å²) in [6.45, 7) is 6.17. The van der Waals surface area contributed by atoms with Crippen molar-refractivity contribution in [2.75, 3.05) is 6.54 Å². The van der Waals surface area contributed by atoms with Gasteiger partial charge in [-0.2, -0.15) is 13.2 Å². The molecule has 114 valence electrons. The van der Waals surface area contributed by atoms with Gasteiger partial charge in [0.1, 0.15) is 11.5 Å². The van der Waals surface area contributed by atoms with E-state index >= 15 is 0 Å². The fourth-order valence-corrected chi connectivity index (χ4v) is 2.23. The number of halogens is 3. The third-order valence-corrected chi connectivity index (χ3v) is 3.39. The fourth-order valence-electron chi connectivity index (χ4n) is 2.23. The quantitative estimate of drug-likeness (QED) is 0.864. The van der Waals surface area contributed by atoms with Crippen molar-refractivity contribution < 1.29 is 17.6 Å². The fraction of sp³-hybridized carbons (Fsp3) is 0.375. The summed E-state index contributed by atoms with van der Waals surface area (Å²) in [4.78, 5) is 0. The van der Waals surface area contributed by atoms with Crippen LogP contribution in [-0.2, 0) is 6.18 Å². The highest BCUT2D eigenvalue weighted by Gasteiger charge is 2.32. The van der Waals surface area contributed by atoms with Crippen molar-refractivity contribution in [3.63, 3.8) is 0 Å². The van der Waals surface area contributed by atoms with Gasteiger partial charge in [0.15, 0.2) is 0 Å². The van der Waals surface area contributed by atoms with E-state index in [0.29, 0.717) is 17.1 Å². The molecule has 0 fully saturated rings. The molecule has 1 aromatic carbocycles. The van der Waals surface area contributed by atoms with Crippen LogP contribution >= 0.6 is 0 Å². The lowest BCUT2D eigenvalue weighted by atomic mass is 10.0. The van der Waals surface area contributed by atoms with Crippen molar-refractivity contribution in [2.45, 2.75) is 33.0 Å². The second-order valence-corrected chi connectivity index (χ2v) is 5.01. The Morgan fingerprint density at radius 2 is 1.90 bits per heavy atom. The van der Waals surface area contributed by atoms with E-state index in [2.05, 4.69) is 5.32 Å². The SMILES string of the molecule is CCNC(C)c1ccc(-c2ccc(C)c(C(F)(F)F)c2)o1. The van der Waals surface area contributed by atoms with Gasteiger partial charge in [0.05, 0.1) is 11.6 Å². The predicted octanol–water partition coefficient (Wildman–Crippen LogP) is 4.94. The molecule has 2 aromatic rings. The second-order valence-electron chi connectivity index (χ2n) is 5.01. The molecule has 0 spiro atoms. The van der Waals surface area contributed by atoms with E-state index in [1.54, 1.807) is 18.2 Å². The molecule has 1 aromatic heterocycles. The first-order valence-corrected chi connectivity index (χ1v) is 6.84. The molecule has 0 aliphatic carbocycles. The zero-order valence-corrected chi connectivity index (χ0v) is 12.2. The average molecular weight is 297 g/mol. The van der Waals surface area contributed by atoms with Crippen LogP contribution in [0.15, 0.2) is 34.7 Å². The Morgan fingerprint density at radius 3 is 2.52 bits per heavy atom. The lowest BCUT2D eigenvalue weighted by Crippen LogP contribution is -2.16. The van der Waals surface area contributed by atoms with E-state index < -0.39 is 11.7 Å². The summed E-state index contributed by atoms with van der Waals surface area (Å²) in [7, 11) is 0. The van der Waals surface area contributed by atoms with Crippen LogP contribution < -0.4 is 5.32 Å². The molecule has 0 amide bonds. The molecule has 5 heteroatoms. The Labute approximate surface area is 122 Å². The summed E-state index contributed by atoms with van der Waals surface area (Å²) in [5, 5.41) is 3.20. The highest BCUT2D eigenvalue weighted by atomic mass is 19.4. The highest BCUT2D eigenvalue weighted by molar-refractivity contribution is 5.60. The summed E-state index contributed by atoms with van der Waals surface area (Å²) >= 11 is 0. The van der Waals surface area contributed by atoms with Gasteiger partial charge in [-0.3, -0.25) is 0 Å². The molecule has 0 saturated carbocycles. The van der Waals surface area contributed by atoms with Crippen LogP contribution in [0.2, 0.25) is 0 Å². The molecule has 1 N–H and O–H groups in total. The van der Waals surface area contributed by atoms with E-state index in [0.717, 1.165) is 12.6 Å². The first-order chi connectivity index (χ1) is 9.82. The summed E-state index contributed by atoms with van der Waals surface area (Å²) in [5.41, 5.74) is 0.0135. The first-order valence-electron chi connectivity index (χ1n) is 6.84. The highest BCUT2D eigenvalue weighted by Crippen LogP contribution is 2.35. The smallest absolute Gasteiger partial charge is 0.416 e. The molecular weight excluding hydrogens is 279 g/mol. The van der Waals surface area contributed by atoms with E-state index in [9.17, 15) is 13.2 Å². The van der Waals surface area contributed by atoms with Gasteiger partial charge in [0.2, 0.25) is 0 Å². The number of aryl methyl sites for hydroxylation is 1. The second kappa shape index (κ2) is 5.93. The van der Waals surface area contributed by atoms with Gasteiger partial charge in [-0.1, -0.05) is 19.1 Å². The Morgan fingerprint density at radius 1 is 1.19 bits per heavy atom. The Balaban J connectivity index is 2.35. The monoisotopic (exact) mass is 297 g/mol. The molecule has 0 aliphatic heterocycles. The Hall–Kier alpha value is -1.75. The summed E-state index contributed by atoms with van der Waals surface area (Å²) in [6, 6.07) is 7.76. The number of rotatable bonds is 4. The van der Waals surface area contributed by atoms with Crippen molar-refractivity contribution >= 4 is 0 Å². The maximum atomic E-state index is 12.9. The number of benzene rings is 1. The van der Waals surface area contributed by atoms with Crippen molar-refractivity contribution in [3.05, 3.63) is 47.2 Å². The molecule has 0 saturated heterocycles. The predicted molar refractivity (Wildman–Crippen MR) is 76.0 cm³/mol. The Bertz CT molecular complexity index is 616. The van der Waals surface area contributed by atoms with Crippen molar-refractivity contribution in [2.24, 2.45) is 0 Å². The van der Waals surface area contributed by atoms with E-state index in [4.69, 9.17) is 4.42 Å². The van der Waals surface area contributed by atoms with Gasteiger partial charge in [-0.05, 0) is 44.2 Å². The van der Waals surface area contributed by atoms with Gasteiger partial charge in [-0.15, -0.1) is 0 Å². The molecule has 0 radical (unpaired) electrons. The van der Waals surface area contributed by atoms with E-state index in [1.165, 1.54) is 13.0 Å². The molecule has 2 rings (SSSR count). The van der Waals surface area contributed by atoms with Crippen LogP contribution in [0.3, 0.4) is 0 Å². The summed E-state index contributed by atoms with van der Waals surface area (Å²) in [6.07, 6.45) is -4.35. The lowest BCUT2D eigenvalue weighted by Gasteiger charge is -2.11. The van der Waals surface area contributed by atoms with Gasteiger partial charge in [0.25, 0.3) is 0 Å². The number of hydrogen-bond donors (Lipinski definition) is 1. The third-order valence-electron chi connectivity index (χ3n) is 3.39. The van der Waals surface area contributed by atoms with Crippen LogP contribution in [0.5, 0.6) is 0 Å². The van der Waals surface area contributed by atoms with Crippen molar-refractivity contribution in [1.29, 1.82) is 0 Å². The number of alkyl halides is 3. The minimum Gasteiger partial charge on any atom is -0.459 e. The normalized spacial score (nSPS) is 13.4. The maximum Gasteiger partial charge on any atom is 0.416 e. The molecular formula is C16H18F3NO. The molecule has 2 nitrogen and oxygen atoms in total. The van der Waals surface area contributed by atoms with Crippen LogP contribution in [0.4, 0.5) is 13.2 Å². The topological polar surface area (TPSA) is 25.2 Å². The Kier molecular flexibility index (Phi) is 4.42. The first kappa shape index (κ1) is 15.6. The van der Waals surface area contributed by atoms with Gasteiger partial charge in [-0.25, -0.2) is 0 Å². The van der Waals surface area contributed by atoms with E-state index in [-0.39, 0.29) is 11.6 Å². The van der Waals surface area contributed by atoms with Crippen LogP contribution in [0, 0.1) is 6.92 Å². The van der Waals surface area contributed by atoms with Crippen LogP contribution in [-0.4, -0.2) is 6.54 Å². The summed E-state index contributed by atoms with van der Waals surface area (Å²) < 4.78 is 44.5. The molecule has 0 bridgehead atoms. The van der Waals surface area contributed by atoms with Crippen LogP contribution in [0.1, 0.15) is 36.8 Å². The molecule has 0 aliphatic rings. The molecule has 1 heterocycles. The minimum atomic E-state index is -4.35.